The number of nitrogens with one attached hydrogen (secondary N) is 1. The third-order valence-electron chi connectivity index (χ3n) is 3.03. The summed E-state index contributed by atoms with van der Waals surface area (Å²) >= 11 is 0. The Balaban J connectivity index is 2.43. The van der Waals surface area contributed by atoms with Crippen LogP contribution in [-0.2, 0) is 10.0 Å². The molecule has 3 N–H and O–H groups in total. The molecule has 1 saturated heterocycles. The molecule has 0 radical (unpaired) electrons. The predicted octanol–water partition coefficient (Wildman–Crippen LogP) is 0.361. The lowest BCUT2D eigenvalue weighted by atomic mass is 10.0. The zero-order valence-corrected chi connectivity index (χ0v) is 12.9. The number of rotatable bonds is 5. The van der Waals surface area contributed by atoms with E-state index in [9.17, 15) is 8.42 Å². The number of piperidine rings is 1. The highest BCUT2D eigenvalue weighted by molar-refractivity contribution is 7.89. The molecule has 1 aliphatic heterocycles. The van der Waals surface area contributed by atoms with E-state index in [1.54, 1.807) is 13.8 Å². The molecule has 1 unspecified atom stereocenters. The van der Waals surface area contributed by atoms with Gasteiger partial charge in [-0.25, -0.2) is 13.1 Å². The number of nitrogens with zero attached hydrogens (tertiary/aromatic N) is 2. The molecule has 0 saturated carbocycles. The van der Waals surface area contributed by atoms with Crippen molar-refractivity contribution in [3.63, 3.8) is 0 Å². The summed E-state index contributed by atoms with van der Waals surface area (Å²) in [6.07, 6.45) is 2.33. The van der Waals surface area contributed by atoms with Crippen molar-refractivity contribution in [3.8, 4) is 0 Å². The van der Waals surface area contributed by atoms with Gasteiger partial charge in [0, 0.05) is 19.1 Å². The Hall–Kier alpha value is -0.820. The Morgan fingerprint density at radius 2 is 2.21 bits per heavy atom. The van der Waals surface area contributed by atoms with Gasteiger partial charge in [0.25, 0.3) is 0 Å². The maximum atomic E-state index is 11.6. The molecule has 7 heteroatoms. The molecule has 1 atom stereocenters. The van der Waals surface area contributed by atoms with Crippen molar-refractivity contribution in [2.24, 2.45) is 16.6 Å². The highest BCUT2D eigenvalue weighted by atomic mass is 32.2. The highest BCUT2D eigenvalue weighted by Crippen LogP contribution is 2.14. The van der Waals surface area contributed by atoms with E-state index in [2.05, 4.69) is 16.6 Å². The second-order valence-corrected chi connectivity index (χ2v) is 7.40. The molecule has 0 spiro atoms. The van der Waals surface area contributed by atoms with Crippen LogP contribution in [0.3, 0.4) is 0 Å². The zero-order valence-electron chi connectivity index (χ0n) is 12.1. The summed E-state index contributed by atoms with van der Waals surface area (Å²) in [4.78, 5) is 6.21. The van der Waals surface area contributed by atoms with Gasteiger partial charge in [0.2, 0.25) is 10.0 Å². The van der Waals surface area contributed by atoms with E-state index in [0.717, 1.165) is 19.5 Å². The SMILES string of the molecule is CC1CCCN(C(N)=NCCS(=O)(=O)NC(C)C)C1. The first-order valence-electron chi connectivity index (χ1n) is 6.85. The molecular formula is C12H26N4O2S. The van der Waals surface area contributed by atoms with E-state index < -0.39 is 10.0 Å². The van der Waals surface area contributed by atoms with Crippen molar-refractivity contribution in [3.05, 3.63) is 0 Å². The summed E-state index contributed by atoms with van der Waals surface area (Å²) in [6, 6.07) is -0.0886. The normalized spacial score (nSPS) is 22.0. The molecule has 1 heterocycles. The summed E-state index contributed by atoms with van der Waals surface area (Å²) in [5.41, 5.74) is 5.90. The topological polar surface area (TPSA) is 87.8 Å². The van der Waals surface area contributed by atoms with Crippen LogP contribution in [-0.4, -0.2) is 50.7 Å². The fourth-order valence-electron chi connectivity index (χ4n) is 2.20. The number of nitrogens with two attached hydrogens (primary N) is 1. The first-order chi connectivity index (χ1) is 8.80. The minimum Gasteiger partial charge on any atom is -0.370 e. The highest BCUT2D eigenvalue weighted by Gasteiger charge is 2.18. The Morgan fingerprint density at radius 1 is 1.53 bits per heavy atom. The van der Waals surface area contributed by atoms with Gasteiger partial charge in [0.1, 0.15) is 0 Å². The van der Waals surface area contributed by atoms with Gasteiger partial charge in [-0.15, -0.1) is 0 Å². The average Bonchev–Trinajstić information content (AvgIpc) is 2.26. The number of sulfonamides is 1. The van der Waals surface area contributed by atoms with Crippen LogP contribution in [0.15, 0.2) is 4.99 Å². The van der Waals surface area contributed by atoms with Crippen LogP contribution >= 0.6 is 0 Å². The van der Waals surface area contributed by atoms with Gasteiger partial charge in [0.05, 0.1) is 12.3 Å². The molecule has 0 aromatic carbocycles. The third-order valence-corrected chi connectivity index (χ3v) is 4.58. The van der Waals surface area contributed by atoms with E-state index in [0.29, 0.717) is 11.9 Å². The molecule has 0 aliphatic carbocycles. The maximum absolute atomic E-state index is 11.6. The van der Waals surface area contributed by atoms with Crippen LogP contribution in [0.2, 0.25) is 0 Å². The molecule has 0 aromatic heterocycles. The number of aliphatic imine (C=N–C) groups is 1. The van der Waals surface area contributed by atoms with Crippen LogP contribution in [0.5, 0.6) is 0 Å². The summed E-state index contributed by atoms with van der Waals surface area (Å²) in [7, 11) is -3.25. The first kappa shape index (κ1) is 16.2. The lowest BCUT2D eigenvalue weighted by Crippen LogP contribution is -2.43. The summed E-state index contributed by atoms with van der Waals surface area (Å²) in [5.74, 6) is 1.06. The molecule has 0 amide bonds. The van der Waals surface area contributed by atoms with Gasteiger partial charge in [0.15, 0.2) is 5.96 Å². The van der Waals surface area contributed by atoms with Crippen molar-refractivity contribution in [1.29, 1.82) is 0 Å². The lowest BCUT2D eigenvalue weighted by molar-refractivity contribution is 0.270. The van der Waals surface area contributed by atoms with E-state index >= 15 is 0 Å². The Labute approximate surface area is 116 Å². The van der Waals surface area contributed by atoms with Crippen molar-refractivity contribution < 1.29 is 8.42 Å². The van der Waals surface area contributed by atoms with E-state index in [4.69, 9.17) is 5.73 Å². The molecule has 1 aliphatic rings. The molecule has 6 nitrogen and oxygen atoms in total. The van der Waals surface area contributed by atoms with Crippen LogP contribution in [0, 0.1) is 5.92 Å². The van der Waals surface area contributed by atoms with Gasteiger partial charge in [-0.1, -0.05) is 6.92 Å². The standard InChI is InChI=1S/C12H26N4O2S/c1-10(2)15-19(17,18)8-6-14-12(13)16-7-4-5-11(3)9-16/h10-11,15H,4-9H2,1-3H3,(H2,13,14). The lowest BCUT2D eigenvalue weighted by Gasteiger charge is -2.31. The number of hydrogen-bond donors (Lipinski definition) is 2. The summed E-state index contributed by atoms with van der Waals surface area (Å²) in [5, 5.41) is 0. The second-order valence-electron chi connectivity index (χ2n) is 5.52. The summed E-state index contributed by atoms with van der Waals surface area (Å²) < 4.78 is 25.8. The molecule has 112 valence electrons. The third kappa shape index (κ3) is 6.24. The maximum Gasteiger partial charge on any atom is 0.213 e. The fourth-order valence-corrected chi connectivity index (χ4v) is 3.36. The van der Waals surface area contributed by atoms with Crippen molar-refractivity contribution in [1.82, 2.24) is 9.62 Å². The average molecular weight is 290 g/mol. The van der Waals surface area contributed by atoms with Gasteiger partial charge in [-0.3, -0.25) is 4.99 Å². The molecule has 1 rings (SSSR count). The van der Waals surface area contributed by atoms with Gasteiger partial charge < -0.3 is 10.6 Å². The molecular weight excluding hydrogens is 264 g/mol. The first-order valence-corrected chi connectivity index (χ1v) is 8.50. The van der Waals surface area contributed by atoms with Crippen LogP contribution in [0.25, 0.3) is 0 Å². The largest absolute Gasteiger partial charge is 0.370 e. The fraction of sp³-hybridized carbons (Fsp3) is 0.917. The number of guanidine groups is 1. The van der Waals surface area contributed by atoms with Gasteiger partial charge >= 0.3 is 0 Å². The smallest absolute Gasteiger partial charge is 0.213 e. The molecule has 0 bridgehead atoms. The van der Waals surface area contributed by atoms with Crippen LogP contribution in [0.1, 0.15) is 33.6 Å². The number of hydrogen-bond acceptors (Lipinski definition) is 3. The Morgan fingerprint density at radius 3 is 2.79 bits per heavy atom. The summed E-state index contributed by atoms with van der Waals surface area (Å²) in [6.45, 7) is 7.81. The van der Waals surface area contributed by atoms with Gasteiger partial charge in [-0.2, -0.15) is 0 Å². The minimum absolute atomic E-state index is 0.0186. The van der Waals surface area contributed by atoms with E-state index in [-0.39, 0.29) is 18.3 Å². The predicted molar refractivity (Wildman–Crippen MR) is 78.5 cm³/mol. The van der Waals surface area contributed by atoms with Crippen molar-refractivity contribution in [2.75, 3.05) is 25.4 Å². The van der Waals surface area contributed by atoms with Crippen molar-refractivity contribution in [2.45, 2.75) is 39.7 Å². The Bertz CT molecular complexity index is 406. The van der Waals surface area contributed by atoms with E-state index in [1.165, 1.54) is 6.42 Å². The molecule has 19 heavy (non-hydrogen) atoms. The van der Waals surface area contributed by atoms with Crippen molar-refractivity contribution >= 4 is 16.0 Å². The molecule has 0 aromatic rings. The second kappa shape index (κ2) is 7.09. The van der Waals surface area contributed by atoms with Crippen LogP contribution < -0.4 is 10.5 Å². The Kier molecular flexibility index (Phi) is 6.06. The van der Waals surface area contributed by atoms with Gasteiger partial charge in [-0.05, 0) is 32.6 Å². The number of likely N-dealkylation sites (tertiary alicyclic amines) is 1. The van der Waals surface area contributed by atoms with E-state index in [1.807, 2.05) is 4.90 Å². The quantitative estimate of drug-likeness (QED) is 0.565. The monoisotopic (exact) mass is 290 g/mol. The minimum atomic E-state index is -3.25. The zero-order chi connectivity index (χ0) is 14.5. The molecule has 1 fully saturated rings. The van der Waals surface area contributed by atoms with Crippen LogP contribution in [0.4, 0.5) is 0 Å².